The van der Waals surface area contributed by atoms with Gasteiger partial charge in [-0.25, -0.2) is 0 Å². The lowest BCUT2D eigenvalue weighted by molar-refractivity contribution is -0.136. The van der Waals surface area contributed by atoms with Crippen LogP contribution in [0.5, 0.6) is 0 Å². The molecular formula is C18H18F3N3. The number of nitrogens with one attached hydrogen (secondary N) is 1. The molecule has 0 aliphatic heterocycles. The Hall–Kier alpha value is -2.34. The Morgan fingerprint density at radius 2 is 1.92 bits per heavy atom. The van der Waals surface area contributed by atoms with E-state index in [0.717, 1.165) is 30.0 Å². The standard InChI is InChI=1S/C18H18F3N3/c19-18(20,21)15-8-3-7-14-13(6-1-2-9-22)16(24-17(14)15)12-5-4-10-23-11-12/h3-5,7-8,10-11,24H,1-2,6,9,22H2. The van der Waals surface area contributed by atoms with E-state index in [1.807, 2.05) is 6.07 Å². The zero-order valence-corrected chi connectivity index (χ0v) is 13.0. The molecule has 24 heavy (non-hydrogen) atoms. The summed E-state index contributed by atoms with van der Waals surface area (Å²) in [5.41, 5.74) is 7.40. The number of para-hydroxylation sites is 1. The first-order valence-corrected chi connectivity index (χ1v) is 7.83. The van der Waals surface area contributed by atoms with Crippen molar-refractivity contribution in [3.05, 3.63) is 53.9 Å². The Labute approximate surface area is 137 Å². The molecule has 1 aromatic carbocycles. The van der Waals surface area contributed by atoms with E-state index in [1.165, 1.54) is 6.07 Å². The third-order valence-corrected chi connectivity index (χ3v) is 4.08. The lowest BCUT2D eigenvalue weighted by Crippen LogP contribution is -2.05. The Kier molecular flexibility index (Phi) is 4.57. The first-order valence-electron chi connectivity index (χ1n) is 7.83. The van der Waals surface area contributed by atoms with E-state index in [9.17, 15) is 13.2 Å². The van der Waals surface area contributed by atoms with Crippen molar-refractivity contribution >= 4 is 10.9 Å². The molecule has 6 heteroatoms. The number of aromatic amines is 1. The van der Waals surface area contributed by atoms with Gasteiger partial charge in [-0.1, -0.05) is 12.1 Å². The Balaban J connectivity index is 2.20. The van der Waals surface area contributed by atoms with Crippen molar-refractivity contribution in [3.63, 3.8) is 0 Å². The number of aryl methyl sites for hydroxylation is 1. The van der Waals surface area contributed by atoms with Gasteiger partial charge in [-0.15, -0.1) is 0 Å². The number of H-pyrrole nitrogens is 1. The number of hydrogen-bond donors (Lipinski definition) is 2. The number of nitrogens with zero attached hydrogens (tertiary/aromatic N) is 1. The highest BCUT2D eigenvalue weighted by molar-refractivity contribution is 5.93. The summed E-state index contributed by atoms with van der Waals surface area (Å²) in [4.78, 5) is 7.07. The number of alkyl halides is 3. The van der Waals surface area contributed by atoms with Gasteiger partial charge in [0, 0.05) is 23.3 Å². The molecule has 2 heterocycles. The Morgan fingerprint density at radius 3 is 2.58 bits per heavy atom. The van der Waals surface area contributed by atoms with E-state index in [0.29, 0.717) is 24.0 Å². The summed E-state index contributed by atoms with van der Waals surface area (Å²) in [5, 5.41) is 0.612. The lowest BCUT2D eigenvalue weighted by Gasteiger charge is -2.07. The summed E-state index contributed by atoms with van der Waals surface area (Å²) in [7, 11) is 0. The molecule has 0 radical (unpaired) electrons. The van der Waals surface area contributed by atoms with E-state index in [4.69, 9.17) is 5.73 Å². The molecule has 0 atom stereocenters. The molecular weight excluding hydrogens is 315 g/mol. The largest absolute Gasteiger partial charge is 0.418 e. The van der Waals surface area contributed by atoms with Crippen molar-refractivity contribution in [3.8, 4) is 11.3 Å². The van der Waals surface area contributed by atoms with Crippen LogP contribution in [0.2, 0.25) is 0 Å². The fourth-order valence-electron chi connectivity index (χ4n) is 2.97. The van der Waals surface area contributed by atoms with Crippen LogP contribution < -0.4 is 5.73 Å². The van der Waals surface area contributed by atoms with Crippen molar-refractivity contribution in [2.24, 2.45) is 5.73 Å². The van der Waals surface area contributed by atoms with Gasteiger partial charge in [-0.3, -0.25) is 4.98 Å². The van der Waals surface area contributed by atoms with Crippen molar-refractivity contribution < 1.29 is 13.2 Å². The number of aromatic nitrogens is 2. The maximum atomic E-state index is 13.3. The maximum absolute atomic E-state index is 13.3. The molecule has 0 amide bonds. The number of halogens is 3. The van der Waals surface area contributed by atoms with Crippen LogP contribution in [-0.4, -0.2) is 16.5 Å². The predicted octanol–water partition coefficient (Wildman–Crippen LogP) is 4.53. The van der Waals surface area contributed by atoms with Crippen molar-refractivity contribution in [1.82, 2.24) is 9.97 Å². The van der Waals surface area contributed by atoms with E-state index in [2.05, 4.69) is 9.97 Å². The van der Waals surface area contributed by atoms with E-state index >= 15 is 0 Å². The summed E-state index contributed by atoms with van der Waals surface area (Å²) in [6.45, 7) is 0.568. The van der Waals surface area contributed by atoms with Gasteiger partial charge < -0.3 is 10.7 Å². The first kappa shape index (κ1) is 16.5. The van der Waals surface area contributed by atoms with Gasteiger partial charge in [-0.05, 0) is 49.6 Å². The predicted molar refractivity (Wildman–Crippen MR) is 88.5 cm³/mol. The molecule has 0 bridgehead atoms. The van der Waals surface area contributed by atoms with Gasteiger partial charge in [0.05, 0.1) is 16.8 Å². The number of rotatable bonds is 5. The van der Waals surface area contributed by atoms with Crippen molar-refractivity contribution in [2.75, 3.05) is 6.54 Å². The first-order chi connectivity index (χ1) is 11.5. The SMILES string of the molecule is NCCCCc1c(-c2cccnc2)[nH]c2c(C(F)(F)F)cccc12. The second-order valence-corrected chi connectivity index (χ2v) is 5.69. The molecule has 0 aliphatic rings. The molecule has 3 nitrogen and oxygen atoms in total. The zero-order chi connectivity index (χ0) is 17.2. The molecule has 0 spiro atoms. The summed E-state index contributed by atoms with van der Waals surface area (Å²) in [6, 6.07) is 7.92. The number of pyridine rings is 1. The minimum atomic E-state index is -4.40. The molecule has 0 unspecified atom stereocenters. The second-order valence-electron chi connectivity index (χ2n) is 5.69. The highest BCUT2D eigenvalue weighted by Crippen LogP contribution is 2.39. The zero-order valence-electron chi connectivity index (χ0n) is 13.0. The number of hydrogen-bond acceptors (Lipinski definition) is 2. The molecule has 0 saturated heterocycles. The summed E-state index contributed by atoms with van der Waals surface area (Å²) >= 11 is 0. The molecule has 3 aromatic rings. The molecule has 126 valence electrons. The van der Waals surface area contributed by atoms with Gasteiger partial charge in [0.15, 0.2) is 0 Å². The number of fused-ring (bicyclic) bond motifs is 1. The molecule has 3 N–H and O–H groups in total. The van der Waals surface area contributed by atoms with Gasteiger partial charge in [0.1, 0.15) is 0 Å². The Bertz CT molecular complexity index is 823. The van der Waals surface area contributed by atoms with Crippen LogP contribution in [-0.2, 0) is 12.6 Å². The second kappa shape index (κ2) is 6.65. The average Bonchev–Trinajstić information content (AvgIpc) is 2.94. The fraction of sp³-hybridized carbons (Fsp3) is 0.278. The van der Waals surface area contributed by atoms with Crippen LogP contribution in [0.3, 0.4) is 0 Å². The monoisotopic (exact) mass is 333 g/mol. The molecule has 0 saturated carbocycles. The molecule has 2 aromatic heterocycles. The van der Waals surface area contributed by atoms with Crippen LogP contribution >= 0.6 is 0 Å². The van der Waals surface area contributed by atoms with Crippen LogP contribution in [0, 0.1) is 0 Å². The number of nitrogens with two attached hydrogens (primary N) is 1. The maximum Gasteiger partial charge on any atom is 0.418 e. The van der Waals surface area contributed by atoms with Crippen LogP contribution in [0.4, 0.5) is 13.2 Å². The third-order valence-electron chi connectivity index (χ3n) is 4.08. The molecule has 0 aliphatic carbocycles. The Morgan fingerprint density at radius 1 is 1.08 bits per heavy atom. The van der Waals surface area contributed by atoms with Gasteiger partial charge in [0.25, 0.3) is 0 Å². The van der Waals surface area contributed by atoms with Gasteiger partial charge in [-0.2, -0.15) is 13.2 Å². The van der Waals surface area contributed by atoms with E-state index < -0.39 is 11.7 Å². The number of benzene rings is 1. The van der Waals surface area contributed by atoms with Crippen LogP contribution in [0.15, 0.2) is 42.7 Å². The van der Waals surface area contributed by atoms with E-state index in [-0.39, 0.29) is 5.52 Å². The molecule has 0 fully saturated rings. The third kappa shape index (κ3) is 3.14. The summed E-state index contributed by atoms with van der Waals surface area (Å²) in [5.74, 6) is 0. The topological polar surface area (TPSA) is 54.7 Å². The van der Waals surface area contributed by atoms with Gasteiger partial charge >= 0.3 is 6.18 Å². The van der Waals surface area contributed by atoms with Crippen LogP contribution in [0.25, 0.3) is 22.2 Å². The summed E-state index contributed by atoms with van der Waals surface area (Å²) < 4.78 is 40.0. The smallest absolute Gasteiger partial charge is 0.354 e. The minimum Gasteiger partial charge on any atom is -0.354 e. The van der Waals surface area contributed by atoms with E-state index in [1.54, 1.807) is 24.5 Å². The normalized spacial score (nSPS) is 12.0. The highest BCUT2D eigenvalue weighted by Gasteiger charge is 2.33. The minimum absolute atomic E-state index is 0.131. The number of unbranched alkanes of at least 4 members (excludes halogenated alkanes) is 1. The van der Waals surface area contributed by atoms with Gasteiger partial charge in [0.2, 0.25) is 0 Å². The highest BCUT2D eigenvalue weighted by atomic mass is 19.4. The quantitative estimate of drug-likeness (QED) is 0.674. The fourth-order valence-corrected chi connectivity index (χ4v) is 2.97. The van der Waals surface area contributed by atoms with Crippen molar-refractivity contribution in [1.29, 1.82) is 0 Å². The molecule has 3 rings (SSSR count). The van der Waals surface area contributed by atoms with Crippen LogP contribution in [0.1, 0.15) is 24.0 Å². The average molecular weight is 333 g/mol. The lowest BCUT2D eigenvalue weighted by atomic mass is 10.00. The summed E-state index contributed by atoms with van der Waals surface area (Å²) in [6.07, 6.45) is 1.23. The van der Waals surface area contributed by atoms with Crippen molar-refractivity contribution in [2.45, 2.75) is 25.4 Å².